The Morgan fingerprint density at radius 3 is 2.70 bits per heavy atom. The molecule has 4 heteroatoms. The fourth-order valence-corrected chi connectivity index (χ4v) is 3.16. The number of aromatic nitrogens is 2. The van der Waals surface area contributed by atoms with Gasteiger partial charge >= 0.3 is 0 Å². The van der Waals surface area contributed by atoms with E-state index < -0.39 is 0 Å². The van der Waals surface area contributed by atoms with Crippen LogP contribution in [0.3, 0.4) is 0 Å². The first-order valence-corrected chi connectivity index (χ1v) is 7.59. The van der Waals surface area contributed by atoms with E-state index >= 15 is 0 Å². The predicted octanol–water partition coefficient (Wildman–Crippen LogP) is 1.59. The Hall–Kier alpha value is -1.39. The van der Waals surface area contributed by atoms with E-state index in [4.69, 9.17) is 4.74 Å². The number of imidazole rings is 1. The summed E-state index contributed by atoms with van der Waals surface area (Å²) in [6, 6.07) is 8.71. The summed E-state index contributed by atoms with van der Waals surface area (Å²) in [4.78, 5) is 2.49. The molecule has 4 nitrogen and oxygen atoms in total. The first kappa shape index (κ1) is 13.6. The van der Waals surface area contributed by atoms with Gasteiger partial charge in [0.2, 0.25) is 0 Å². The van der Waals surface area contributed by atoms with Gasteiger partial charge in [0.05, 0.1) is 19.8 Å². The van der Waals surface area contributed by atoms with Crippen molar-refractivity contribution < 1.29 is 9.30 Å². The number of rotatable bonds is 4. The van der Waals surface area contributed by atoms with Gasteiger partial charge in [0, 0.05) is 26.6 Å². The van der Waals surface area contributed by atoms with E-state index in [0.29, 0.717) is 0 Å². The molecule has 0 saturated carbocycles. The largest absolute Gasteiger partial charge is 0.379 e. The summed E-state index contributed by atoms with van der Waals surface area (Å²) in [7, 11) is 0. The molecule has 1 aliphatic heterocycles. The van der Waals surface area contributed by atoms with Crippen molar-refractivity contribution in [1.82, 2.24) is 9.47 Å². The summed E-state index contributed by atoms with van der Waals surface area (Å²) in [6.07, 6.45) is 0. The Kier molecular flexibility index (Phi) is 4.03. The lowest BCUT2D eigenvalue weighted by Gasteiger charge is -2.25. The molecule has 2 heterocycles. The Morgan fingerprint density at radius 2 is 1.95 bits per heavy atom. The van der Waals surface area contributed by atoms with Crippen LogP contribution in [0, 0.1) is 6.92 Å². The summed E-state index contributed by atoms with van der Waals surface area (Å²) < 4.78 is 10.3. The average Bonchev–Trinajstić information content (AvgIpc) is 2.77. The molecule has 0 aliphatic carbocycles. The lowest BCUT2D eigenvalue weighted by atomic mass is 10.3. The number of hydrogen-bond acceptors (Lipinski definition) is 2. The zero-order valence-electron chi connectivity index (χ0n) is 12.5. The Balaban J connectivity index is 1.85. The molecule has 1 aromatic carbocycles. The fourth-order valence-electron chi connectivity index (χ4n) is 3.16. The van der Waals surface area contributed by atoms with E-state index in [0.717, 1.165) is 45.9 Å². The molecule has 1 saturated heterocycles. The molecule has 0 unspecified atom stereocenters. The molecular formula is C16H24N3O+. The van der Waals surface area contributed by atoms with E-state index in [1.807, 2.05) is 0 Å². The van der Waals surface area contributed by atoms with Crippen LogP contribution >= 0.6 is 0 Å². The molecule has 0 bridgehead atoms. The normalized spacial score (nSPS) is 16.9. The highest BCUT2D eigenvalue weighted by Gasteiger charge is 2.20. The van der Waals surface area contributed by atoms with Gasteiger partial charge in [-0.3, -0.25) is 4.90 Å². The van der Waals surface area contributed by atoms with Crippen LogP contribution in [-0.2, 0) is 17.8 Å². The maximum Gasteiger partial charge on any atom is 0.254 e. The highest BCUT2D eigenvalue weighted by atomic mass is 16.5. The monoisotopic (exact) mass is 274 g/mol. The highest BCUT2D eigenvalue weighted by molar-refractivity contribution is 5.72. The maximum atomic E-state index is 5.41. The van der Waals surface area contributed by atoms with Crippen molar-refractivity contribution >= 4 is 11.0 Å². The van der Waals surface area contributed by atoms with Gasteiger partial charge in [-0.15, -0.1) is 0 Å². The van der Waals surface area contributed by atoms with Crippen LogP contribution in [-0.4, -0.2) is 42.3 Å². The molecule has 0 amide bonds. The molecule has 0 spiro atoms. The molecule has 3 rings (SSSR count). The Bertz CT molecular complexity index is 585. The second kappa shape index (κ2) is 5.94. The van der Waals surface area contributed by atoms with Gasteiger partial charge in [-0.1, -0.05) is 12.1 Å². The van der Waals surface area contributed by atoms with Gasteiger partial charge in [-0.05, 0) is 19.1 Å². The number of aryl methyl sites for hydroxylation is 1. The lowest BCUT2D eigenvalue weighted by molar-refractivity contribution is -0.678. The first-order chi connectivity index (χ1) is 9.81. The maximum absolute atomic E-state index is 5.41. The van der Waals surface area contributed by atoms with Crippen LogP contribution < -0.4 is 4.57 Å². The Labute approximate surface area is 120 Å². The average molecular weight is 274 g/mol. The van der Waals surface area contributed by atoms with Crippen LogP contribution in [0.5, 0.6) is 0 Å². The smallest absolute Gasteiger partial charge is 0.254 e. The van der Waals surface area contributed by atoms with Gasteiger partial charge in [0.1, 0.15) is 6.54 Å². The van der Waals surface area contributed by atoms with Gasteiger partial charge in [-0.25, -0.2) is 9.13 Å². The predicted molar refractivity (Wildman–Crippen MR) is 79.8 cm³/mol. The number of morpholine rings is 1. The van der Waals surface area contributed by atoms with Crippen LogP contribution in [0.2, 0.25) is 0 Å². The van der Waals surface area contributed by atoms with Gasteiger partial charge < -0.3 is 4.74 Å². The van der Waals surface area contributed by atoms with E-state index in [1.165, 1.54) is 16.9 Å². The van der Waals surface area contributed by atoms with Crippen molar-refractivity contribution in [3.8, 4) is 0 Å². The molecule has 0 N–H and O–H groups in total. The second-order valence-electron chi connectivity index (χ2n) is 5.39. The number of benzene rings is 1. The van der Waals surface area contributed by atoms with E-state index in [1.54, 1.807) is 0 Å². The first-order valence-electron chi connectivity index (χ1n) is 7.59. The van der Waals surface area contributed by atoms with Gasteiger partial charge in [0.15, 0.2) is 11.0 Å². The van der Waals surface area contributed by atoms with Crippen LogP contribution in [0.1, 0.15) is 12.7 Å². The standard InChI is InChI=1S/C16H24N3O/c1-3-18-14(2)19(16-7-5-4-6-15(16)18)9-8-17-10-12-20-13-11-17/h4-7H,3,8-13H2,1-2H3/q+1. The van der Waals surface area contributed by atoms with E-state index in [9.17, 15) is 0 Å². The lowest BCUT2D eigenvalue weighted by Crippen LogP contribution is -2.45. The summed E-state index contributed by atoms with van der Waals surface area (Å²) in [6.45, 7) is 11.5. The minimum Gasteiger partial charge on any atom is -0.379 e. The molecule has 108 valence electrons. The minimum absolute atomic E-state index is 0.875. The summed E-state index contributed by atoms with van der Waals surface area (Å²) in [5, 5.41) is 0. The van der Waals surface area contributed by atoms with Gasteiger partial charge in [-0.2, -0.15) is 0 Å². The molecule has 1 aliphatic rings. The zero-order valence-corrected chi connectivity index (χ0v) is 12.5. The number of nitrogens with zero attached hydrogens (tertiary/aromatic N) is 3. The molecule has 1 aromatic heterocycles. The number of para-hydroxylation sites is 2. The van der Waals surface area contributed by atoms with Crippen molar-refractivity contribution in [2.24, 2.45) is 0 Å². The number of hydrogen-bond donors (Lipinski definition) is 0. The third-order valence-corrected chi connectivity index (χ3v) is 4.30. The topological polar surface area (TPSA) is 21.3 Å². The summed E-state index contributed by atoms with van der Waals surface area (Å²) >= 11 is 0. The molecule has 20 heavy (non-hydrogen) atoms. The second-order valence-corrected chi connectivity index (χ2v) is 5.39. The van der Waals surface area contributed by atoms with Crippen LogP contribution in [0.4, 0.5) is 0 Å². The zero-order chi connectivity index (χ0) is 13.9. The molecule has 1 fully saturated rings. The van der Waals surface area contributed by atoms with Crippen LogP contribution in [0.15, 0.2) is 24.3 Å². The molecule has 0 radical (unpaired) electrons. The number of fused-ring (bicyclic) bond motifs is 1. The minimum atomic E-state index is 0.875. The molecule has 0 atom stereocenters. The van der Waals surface area contributed by atoms with E-state index in [-0.39, 0.29) is 0 Å². The van der Waals surface area contributed by atoms with E-state index in [2.05, 4.69) is 52.1 Å². The molecular weight excluding hydrogens is 250 g/mol. The van der Waals surface area contributed by atoms with Crippen molar-refractivity contribution in [3.05, 3.63) is 30.1 Å². The number of ether oxygens (including phenoxy) is 1. The summed E-state index contributed by atoms with van der Waals surface area (Å²) in [5.41, 5.74) is 2.69. The third kappa shape index (κ3) is 2.45. The Morgan fingerprint density at radius 1 is 1.20 bits per heavy atom. The van der Waals surface area contributed by atoms with Crippen LogP contribution in [0.25, 0.3) is 11.0 Å². The highest BCUT2D eigenvalue weighted by Crippen LogP contribution is 2.13. The SMILES string of the molecule is CCn1c(C)[n+](CCN2CCOCC2)c2ccccc21. The van der Waals surface area contributed by atoms with Crippen molar-refractivity contribution in [2.75, 3.05) is 32.8 Å². The molecule has 2 aromatic rings. The van der Waals surface area contributed by atoms with Crippen molar-refractivity contribution in [3.63, 3.8) is 0 Å². The van der Waals surface area contributed by atoms with Gasteiger partial charge in [0.25, 0.3) is 5.82 Å². The summed E-state index contributed by atoms with van der Waals surface area (Å²) in [5.74, 6) is 1.35. The third-order valence-electron chi connectivity index (χ3n) is 4.30. The quantitative estimate of drug-likeness (QED) is 0.790. The van der Waals surface area contributed by atoms with Crippen molar-refractivity contribution in [2.45, 2.75) is 26.9 Å². The fraction of sp³-hybridized carbons (Fsp3) is 0.562. The van der Waals surface area contributed by atoms with Crippen molar-refractivity contribution in [1.29, 1.82) is 0 Å².